The minimum atomic E-state index is -1.49. The zero-order valence-electron chi connectivity index (χ0n) is 30.3. The van der Waals surface area contributed by atoms with Crippen molar-refractivity contribution in [2.24, 2.45) is 5.92 Å². The Kier molecular flexibility index (Phi) is 19.2. The number of morpholine rings is 1. The fourth-order valence-electron chi connectivity index (χ4n) is 6.17. The first kappa shape index (κ1) is 42.9. The van der Waals surface area contributed by atoms with Crippen LogP contribution in [0.25, 0.3) is 0 Å². The molecule has 0 unspecified atom stereocenters. The highest BCUT2D eigenvalue weighted by Gasteiger charge is 2.38. The van der Waals surface area contributed by atoms with Gasteiger partial charge in [0.25, 0.3) is 0 Å². The topological polar surface area (TPSA) is 205 Å². The van der Waals surface area contributed by atoms with Crippen LogP contribution < -0.4 is 16.0 Å². The molecule has 2 aliphatic rings. The van der Waals surface area contributed by atoms with Gasteiger partial charge < -0.3 is 35.1 Å². The van der Waals surface area contributed by atoms with E-state index in [1.165, 1.54) is 11.8 Å². The fraction of sp³-hybridized carbons (Fsp3) is 0.686. The predicted molar refractivity (Wildman–Crippen MR) is 190 cm³/mol. The van der Waals surface area contributed by atoms with E-state index in [2.05, 4.69) is 20.8 Å². The standard InChI is InChI=1S/C35H55N5O11S/c1-24(2)50-34(44)31(51-30(41)15-10-18-49-40(46)47)27(21-25-11-6-4-7-12-25)36-33(43)29(23-52-3)37-32(42)28(22-26-13-8-5-9-14-26)38-35(45)39-16-19-48-20-17-39/h5,8-9,13-14,24-25,27-29,31,46-47H,4,6-7,10-12,15-23H2,1-3H3,(H,36,43)(H,37,42)(H,38,45)/t27-,28-,29-,31-/m0/s1. The first-order valence-electron chi connectivity index (χ1n) is 17.9. The van der Waals surface area contributed by atoms with E-state index in [1.807, 2.05) is 30.3 Å². The first-order valence-corrected chi connectivity index (χ1v) is 19.3. The zero-order chi connectivity index (χ0) is 37.9. The molecule has 4 atom stereocenters. The number of nitrogens with zero attached hydrogens (tertiary/aromatic N) is 2. The molecule has 16 nitrogen and oxygen atoms in total. The number of nitrogens with one attached hydrogen (secondary N) is 3. The van der Waals surface area contributed by atoms with Crippen molar-refractivity contribution in [1.29, 1.82) is 0 Å². The van der Waals surface area contributed by atoms with Gasteiger partial charge in [0.15, 0.2) is 0 Å². The predicted octanol–water partition coefficient (Wildman–Crippen LogP) is 2.60. The molecule has 4 amide bonds. The first-order chi connectivity index (χ1) is 25.0. The number of esters is 2. The molecule has 1 saturated carbocycles. The average molecular weight is 754 g/mol. The molecule has 17 heteroatoms. The molecule has 292 valence electrons. The molecule has 1 saturated heterocycles. The Bertz CT molecular complexity index is 1260. The van der Waals surface area contributed by atoms with Crippen molar-refractivity contribution in [1.82, 2.24) is 26.2 Å². The Hall–Kier alpha value is -3.48. The molecule has 0 radical (unpaired) electrons. The maximum absolute atomic E-state index is 14.1. The van der Waals surface area contributed by atoms with Gasteiger partial charge in [-0.05, 0) is 44.4 Å². The summed E-state index contributed by atoms with van der Waals surface area (Å²) in [4.78, 5) is 73.6. The third-order valence-corrected chi connectivity index (χ3v) is 9.41. The Morgan fingerprint density at radius 2 is 1.62 bits per heavy atom. The summed E-state index contributed by atoms with van der Waals surface area (Å²) in [6.07, 6.45) is 4.91. The van der Waals surface area contributed by atoms with Crippen LogP contribution in [0.15, 0.2) is 30.3 Å². The van der Waals surface area contributed by atoms with E-state index in [-0.39, 0.29) is 37.5 Å². The number of rotatable bonds is 20. The van der Waals surface area contributed by atoms with E-state index in [9.17, 15) is 24.0 Å². The maximum Gasteiger partial charge on any atom is 0.349 e. The molecule has 0 spiro atoms. The van der Waals surface area contributed by atoms with E-state index in [0.29, 0.717) is 32.7 Å². The number of benzene rings is 1. The average Bonchev–Trinajstić information content (AvgIpc) is 3.12. The summed E-state index contributed by atoms with van der Waals surface area (Å²) < 4.78 is 16.5. The normalized spacial score (nSPS) is 17.5. The highest BCUT2D eigenvalue weighted by molar-refractivity contribution is 7.98. The monoisotopic (exact) mass is 753 g/mol. The molecular formula is C35H55N5O11S. The Balaban J connectivity index is 1.83. The van der Waals surface area contributed by atoms with Crippen LogP contribution in [0.4, 0.5) is 4.79 Å². The van der Waals surface area contributed by atoms with Crippen molar-refractivity contribution in [3.8, 4) is 0 Å². The second kappa shape index (κ2) is 23.2. The van der Waals surface area contributed by atoms with Crippen molar-refractivity contribution in [3.05, 3.63) is 35.9 Å². The van der Waals surface area contributed by atoms with Crippen LogP contribution in [0.2, 0.25) is 0 Å². The summed E-state index contributed by atoms with van der Waals surface area (Å²) in [5, 5.41) is 25.6. The second-order valence-corrected chi connectivity index (χ2v) is 14.2. The SMILES string of the molecule is CSC[C@H](NC(=O)[C@H](Cc1ccccc1)NC(=O)N1CCOCC1)C(=O)N[C@@H](CC1CCCCC1)[C@H](OC(=O)CCCON(O)O)C(=O)OC(C)C. The second-order valence-electron chi connectivity index (χ2n) is 13.2. The Morgan fingerprint density at radius 3 is 2.25 bits per heavy atom. The largest absolute Gasteiger partial charge is 0.460 e. The van der Waals surface area contributed by atoms with Gasteiger partial charge in [-0.2, -0.15) is 11.8 Å². The number of carbonyl (C=O) groups excluding carboxylic acids is 5. The van der Waals surface area contributed by atoms with Crippen LogP contribution in [0, 0.1) is 5.92 Å². The number of carbonyl (C=O) groups is 5. The molecule has 0 bridgehead atoms. The van der Waals surface area contributed by atoms with Gasteiger partial charge in [0.2, 0.25) is 17.9 Å². The van der Waals surface area contributed by atoms with E-state index in [1.54, 1.807) is 25.0 Å². The lowest BCUT2D eigenvalue weighted by Crippen LogP contribution is -2.60. The molecule has 1 heterocycles. The number of hydrogen-bond donors (Lipinski definition) is 5. The van der Waals surface area contributed by atoms with Crippen LogP contribution in [0.5, 0.6) is 0 Å². The summed E-state index contributed by atoms with van der Waals surface area (Å²) in [6, 6.07) is 5.76. The third kappa shape index (κ3) is 15.6. The zero-order valence-corrected chi connectivity index (χ0v) is 31.1. The molecule has 1 aromatic carbocycles. The van der Waals surface area contributed by atoms with Gasteiger partial charge in [0.1, 0.15) is 12.1 Å². The summed E-state index contributed by atoms with van der Waals surface area (Å²) in [5.41, 5.74) is 0.813. The van der Waals surface area contributed by atoms with Crippen LogP contribution in [-0.2, 0) is 44.6 Å². The van der Waals surface area contributed by atoms with E-state index in [0.717, 1.165) is 37.7 Å². The van der Waals surface area contributed by atoms with Gasteiger partial charge in [-0.3, -0.25) is 29.6 Å². The molecule has 5 N–H and O–H groups in total. The van der Waals surface area contributed by atoms with Gasteiger partial charge >= 0.3 is 18.0 Å². The van der Waals surface area contributed by atoms with Crippen LogP contribution in [-0.4, -0.2) is 126 Å². The lowest BCUT2D eigenvalue weighted by atomic mass is 9.83. The number of hydrogen-bond acceptors (Lipinski definition) is 13. The molecule has 1 aliphatic carbocycles. The van der Waals surface area contributed by atoms with Crippen LogP contribution in [0.1, 0.15) is 70.8 Å². The highest BCUT2D eigenvalue weighted by atomic mass is 32.2. The van der Waals surface area contributed by atoms with Crippen molar-refractivity contribution >= 4 is 41.5 Å². The minimum Gasteiger partial charge on any atom is -0.460 e. The van der Waals surface area contributed by atoms with Gasteiger partial charge in [0, 0.05) is 31.7 Å². The van der Waals surface area contributed by atoms with Crippen molar-refractivity contribution in [3.63, 3.8) is 0 Å². The molecule has 0 aromatic heterocycles. The molecule has 2 fully saturated rings. The van der Waals surface area contributed by atoms with Gasteiger partial charge in [-0.1, -0.05) is 62.4 Å². The van der Waals surface area contributed by atoms with Crippen molar-refractivity contribution < 1.29 is 53.4 Å². The molecule has 52 heavy (non-hydrogen) atoms. The maximum atomic E-state index is 14.1. The Morgan fingerprint density at radius 1 is 0.942 bits per heavy atom. The summed E-state index contributed by atoms with van der Waals surface area (Å²) in [5.74, 6) is -2.42. The lowest BCUT2D eigenvalue weighted by molar-refractivity contribution is -0.492. The molecule has 1 aliphatic heterocycles. The summed E-state index contributed by atoms with van der Waals surface area (Å²) in [6.45, 7) is 4.66. The van der Waals surface area contributed by atoms with E-state index >= 15 is 0 Å². The summed E-state index contributed by atoms with van der Waals surface area (Å²) in [7, 11) is 0. The van der Waals surface area contributed by atoms with E-state index < -0.39 is 65.5 Å². The quantitative estimate of drug-likeness (QED) is 0.0739. The Labute approximate surface area is 309 Å². The smallest absolute Gasteiger partial charge is 0.349 e. The molecular weight excluding hydrogens is 698 g/mol. The number of thioether (sulfide) groups is 1. The number of ether oxygens (including phenoxy) is 3. The fourth-order valence-corrected chi connectivity index (χ4v) is 6.74. The number of urea groups is 1. The number of amides is 4. The van der Waals surface area contributed by atoms with Crippen molar-refractivity contribution in [2.45, 2.75) is 102 Å². The lowest BCUT2D eigenvalue weighted by Gasteiger charge is -2.33. The van der Waals surface area contributed by atoms with Crippen LogP contribution in [0.3, 0.4) is 0 Å². The highest BCUT2D eigenvalue weighted by Crippen LogP contribution is 2.29. The summed E-state index contributed by atoms with van der Waals surface area (Å²) >= 11 is 1.33. The minimum absolute atomic E-state index is 0.0517. The third-order valence-electron chi connectivity index (χ3n) is 8.74. The van der Waals surface area contributed by atoms with Crippen molar-refractivity contribution in [2.75, 3.05) is 44.9 Å². The van der Waals surface area contributed by atoms with E-state index in [4.69, 9.17) is 24.6 Å². The molecule has 3 rings (SSSR count). The van der Waals surface area contributed by atoms with Gasteiger partial charge in [0.05, 0.1) is 37.4 Å². The van der Waals surface area contributed by atoms with Crippen LogP contribution >= 0.6 is 11.8 Å². The van der Waals surface area contributed by atoms with Gasteiger partial charge in [-0.25, -0.2) is 9.59 Å². The molecule has 1 aromatic rings. The van der Waals surface area contributed by atoms with Gasteiger partial charge in [-0.15, -0.1) is 0 Å².